The standard InChI is InChI=1S/C69H104N10O17S3/c1-12-16-50(73-66(92)54-42-99-67(75-54)58(96-48(8)81)39-55(44(3)4)77(11)68(93)52(45(5)13-2)38-59(85)69(9)24-15-27-76(69)10)36-49-18-19-56(83)53(37-49)74-60(86)20-25-71-65(91)46(6)35-57(84)47(7)72-62(88)41-79-64(90)23-34-98-43-97-33-22-63(89)78(79)40-61(87)70-26-31-95-30-21-51(82)17-14-29-94-32-28-80/h18-19,22-23,33-34,37,42,44-47,50,52,55,58,80,83H,12-17,20-21,24-32,35-36,38-41,43H2,1-11H3,(H,70,87)(H,71,91)(H,72,88)(H,73,92)(H,74,86)/t45-,46?,47?,50-,52-,55+,58+,69+/m0/s1. The Hall–Kier alpha value is -7.09. The molecule has 2 aromatic rings. The Bertz CT molecular complexity index is 3130. The number of hydrogen-bond donors (Lipinski definition) is 7. The van der Waals surface area contributed by atoms with Crippen LogP contribution in [0.15, 0.2) is 46.5 Å². The number of likely N-dealkylation sites (tertiary alicyclic amines) is 1. The molecule has 30 heteroatoms. The van der Waals surface area contributed by atoms with Crippen LogP contribution in [0.2, 0.25) is 0 Å². The molecule has 8 amide bonds. The van der Waals surface area contributed by atoms with E-state index in [-0.39, 0.29) is 124 Å². The number of amides is 8. The molecule has 0 aliphatic carbocycles. The zero-order valence-electron chi connectivity index (χ0n) is 59.2. The van der Waals surface area contributed by atoms with Crippen molar-refractivity contribution in [3.05, 3.63) is 62.8 Å². The smallest absolute Gasteiger partial charge is 0.303 e. The van der Waals surface area contributed by atoms with Crippen molar-refractivity contribution in [1.29, 1.82) is 0 Å². The van der Waals surface area contributed by atoms with Crippen molar-refractivity contribution in [1.82, 2.24) is 46.1 Å². The summed E-state index contributed by atoms with van der Waals surface area (Å²) in [5, 5.41) is 40.1. The minimum atomic E-state index is -1.17. The molecule has 1 fully saturated rings. The number of hydrogen-bond acceptors (Lipinski definition) is 22. The Balaban J connectivity index is 1.29. The van der Waals surface area contributed by atoms with Crippen LogP contribution < -0.4 is 26.6 Å². The molecule has 1 aromatic heterocycles. The second-order valence-electron chi connectivity index (χ2n) is 25.6. The van der Waals surface area contributed by atoms with Crippen LogP contribution in [0, 0.1) is 23.7 Å². The van der Waals surface area contributed by atoms with Crippen LogP contribution in [0.25, 0.3) is 0 Å². The molecule has 0 bridgehead atoms. The number of aromatic nitrogens is 1. The van der Waals surface area contributed by atoms with E-state index in [0.717, 1.165) is 52.9 Å². The van der Waals surface area contributed by atoms with Crippen LogP contribution in [0.4, 0.5) is 5.69 Å². The molecule has 0 radical (unpaired) electrons. The van der Waals surface area contributed by atoms with Crippen LogP contribution in [-0.2, 0) is 73.4 Å². The number of ether oxygens (including phenoxy) is 3. The number of likely N-dealkylation sites (N-methyl/N-ethyl adjacent to an activating group) is 1. The number of thioether (sulfide) groups is 2. The van der Waals surface area contributed by atoms with E-state index in [4.69, 9.17) is 19.3 Å². The van der Waals surface area contributed by atoms with Crippen LogP contribution in [0.3, 0.4) is 0 Å². The number of rotatable bonds is 43. The highest BCUT2D eigenvalue weighted by atomic mass is 32.2. The summed E-state index contributed by atoms with van der Waals surface area (Å²) in [4.78, 5) is 169. The fourth-order valence-corrected chi connectivity index (χ4v) is 13.5. The van der Waals surface area contributed by atoms with Gasteiger partial charge in [0.15, 0.2) is 17.7 Å². The fraction of sp³-hybridized carbons (Fsp3) is 0.638. The lowest BCUT2D eigenvalue weighted by atomic mass is 9.80. The summed E-state index contributed by atoms with van der Waals surface area (Å²) >= 11 is 3.68. The third-order valence-corrected chi connectivity index (χ3v) is 20.2. The van der Waals surface area contributed by atoms with Crippen LogP contribution in [0.5, 0.6) is 5.75 Å². The summed E-state index contributed by atoms with van der Waals surface area (Å²) in [5.74, 6) is -7.83. The van der Waals surface area contributed by atoms with Crippen molar-refractivity contribution in [3.8, 4) is 5.75 Å². The molecule has 4 rings (SSSR count). The number of thiazole rings is 1. The van der Waals surface area contributed by atoms with E-state index >= 15 is 0 Å². The van der Waals surface area contributed by atoms with Crippen LogP contribution in [-0.4, -0.2) is 214 Å². The zero-order chi connectivity index (χ0) is 73.4. The van der Waals surface area contributed by atoms with E-state index in [9.17, 15) is 62.6 Å². The molecule has 1 saturated heterocycles. The number of aromatic hydroxyl groups is 1. The summed E-state index contributed by atoms with van der Waals surface area (Å²) in [7, 11) is 3.68. The number of phenols is 1. The summed E-state index contributed by atoms with van der Waals surface area (Å²) in [5.41, 5.74) is 0.227. The largest absolute Gasteiger partial charge is 0.506 e. The number of hydrazine groups is 1. The Morgan fingerprint density at radius 1 is 0.818 bits per heavy atom. The van der Waals surface area contributed by atoms with Crippen molar-refractivity contribution < 1.29 is 82.0 Å². The van der Waals surface area contributed by atoms with Crippen molar-refractivity contribution >= 4 is 111 Å². The molecular formula is C69H104N10O17S3. The number of Topliss-reactive ketones (excluding diaryl/α,β-unsaturated/α-hetero) is 3. The number of phenolic OH excluding ortho intramolecular Hbond substituents is 1. The SMILES string of the molecule is CCC[C@@H](Cc1ccc(O)c(NC(=O)CCNC(=O)C(C)CC(=O)C(C)NC(=O)CN2C(=O)C=CSCSC=CC(=O)N2CC(=O)NCCOCCC(=O)CCCOCCO)c1)NC(=O)c1csc([C@@H](C[C@H](C(C)C)N(C)C(=O)[C@@H](CC(=O)[C@@]2(C)CCCN2C)[C@@H](C)CC)OC(C)=O)n1. The summed E-state index contributed by atoms with van der Waals surface area (Å²) in [6, 6.07) is 2.65. The van der Waals surface area contributed by atoms with E-state index < -0.39 is 108 Å². The van der Waals surface area contributed by atoms with Gasteiger partial charge < -0.3 is 55.9 Å². The van der Waals surface area contributed by atoms with Gasteiger partial charge in [0.25, 0.3) is 17.7 Å². The number of nitrogens with one attached hydrogen (secondary N) is 5. The van der Waals surface area contributed by atoms with Gasteiger partial charge in [-0.1, -0.05) is 60.5 Å². The van der Waals surface area contributed by atoms with Gasteiger partial charge in [-0.05, 0) is 99.9 Å². The molecule has 2 aliphatic heterocycles. The van der Waals surface area contributed by atoms with Crippen LogP contribution >= 0.6 is 34.9 Å². The monoisotopic (exact) mass is 1440 g/mol. The van der Waals surface area contributed by atoms with Gasteiger partial charge in [0, 0.05) is 119 Å². The van der Waals surface area contributed by atoms with E-state index in [0.29, 0.717) is 54.4 Å². The quantitative estimate of drug-likeness (QED) is 0.0226. The average molecular weight is 1440 g/mol. The van der Waals surface area contributed by atoms with Gasteiger partial charge in [-0.25, -0.2) is 15.0 Å². The molecule has 99 heavy (non-hydrogen) atoms. The maximum atomic E-state index is 14.5. The zero-order valence-corrected chi connectivity index (χ0v) is 61.6. The molecule has 3 heterocycles. The normalized spacial score (nSPS) is 17.3. The highest BCUT2D eigenvalue weighted by Gasteiger charge is 2.44. The number of carbonyl (C=O) groups is 12. The van der Waals surface area contributed by atoms with Gasteiger partial charge >= 0.3 is 5.97 Å². The summed E-state index contributed by atoms with van der Waals surface area (Å²) < 4.78 is 16.5. The predicted molar refractivity (Wildman–Crippen MR) is 378 cm³/mol. The minimum absolute atomic E-state index is 0.00221. The van der Waals surface area contributed by atoms with Crippen molar-refractivity contribution in [2.24, 2.45) is 23.7 Å². The number of anilines is 1. The maximum Gasteiger partial charge on any atom is 0.303 e. The van der Waals surface area contributed by atoms with Crippen molar-refractivity contribution in [3.63, 3.8) is 0 Å². The molecule has 0 saturated carbocycles. The van der Waals surface area contributed by atoms with E-state index in [1.807, 2.05) is 48.6 Å². The Kier molecular flexibility index (Phi) is 37.1. The number of aliphatic hydroxyl groups is 1. The topological polar surface area (TPSA) is 359 Å². The molecule has 2 unspecified atom stereocenters. The molecule has 8 atom stereocenters. The summed E-state index contributed by atoms with van der Waals surface area (Å²) in [6.07, 6.45) is 5.99. The van der Waals surface area contributed by atoms with E-state index in [1.54, 1.807) is 29.5 Å². The second-order valence-corrected chi connectivity index (χ2v) is 28.6. The number of benzene rings is 1. The molecule has 2 aliphatic rings. The first-order valence-electron chi connectivity index (χ1n) is 33.9. The Morgan fingerprint density at radius 2 is 1.49 bits per heavy atom. The van der Waals surface area contributed by atoms with Gasteiger partial charge in [-0.15, -0.1) is 34.9 Å². The number of ketones is 3. The van der Waals surface area contributed by atoms with Gasteiger partial charge in [0.2, 0.25) is 29.5 Å². The Morgan fingerprint density at radius 3 is 2.12 bits per heavy atom. The molecule has 1 aromatic carbocycles. The van der Waals surface area contributed by atoms with Crippen molar-refractivity contribution in [2.75, 3.05) is 90.3 Å². The lowest BCUT2D eigenvalue weighted by Gasteiger charge is -2.38. The van der Waals surface area contributed by atoms with Gasteiger partial charge in [-0.3, -0.25) is 62.4 Å². The predicted octanol–water partition coefficient (Wildman–Crippen LogP) is 6.04. The molecule has 27 nitrogen and oxygen atoms in total. The third-order valence-electron chi connectivity index (χ3n) is 17.5. The first-order valence-corrected chi connectivity index (χ1v) is 36.9. The molecule has 550 valence electrons. The fourth-order valence-electron chi connectivity index (χ4n) is 11.3. The van der Waals surface area contributed by atoms with Crippen LogP contribution in [0.1, 0.15) is 167 Å². The van der Waals surface area contributed by atoms with Gasteiger partial charge in [-0.2, -0.15) is 0 Å². The molecule has 0 spiro atoms. The molecule has 7 N–H and O–H groups in total. The Labute approximate surface area is 594 Å². The number of nitrogens with zero attached hydrogens (tertiary/aromatic N) is 5. The third kappa shape index (κ3) is 28.5. The first-order chi connectivity index (χ1) is 47.0. The van der Waals surface area contributed by atoms with E-state index in [1.165, 1.54) is 61.2 Å². The number of aliphatic hydroxyl groups excluding tert-OH is 1. The van der Waals surface area contributed by atoms with Gasteiger partial charge in [0.05, 0.1) is 43.7 Å². The summed E-state index contributed by atoms with van der Waals surface area (Å²) in [6.45, 7) is 15.9. The van der Waals surface area contributed by atoms with Gasteiger partial charge in [0.1, 0.15) is 35.3 Å². The number of carbonyl (C=O) groups excluding carboxylic acids is 12. The highest BCUT2D eigenvalue weighted by Crippen LogP contribution is 2.36. The highest BCUT2D eigenvalue weighted by molar-refractivity contribution is 8.18. The first kappa shape index (κ1) is 84.3. The second kappa shape index (κ2) is 43.5. The maximum absolute atomic E-state index is 14.5. The average Bonchev–Trinajstić information content (AvgIpc) is 1.76. The van der Waals surface area contributed by atoms with E-state index in [2.05, 4.69) is 36.5 Å². The lowest BCUT2D eigenvalue weighted by molar-refractivity contribution is -0.162. The lowest BCUT2D eigenvalue weighted by Crippen LogP contribution is -2.56. The molecular weight excluding hydrogens is 1340 g/mol. The number of esters is 1. The minimum Gasteiger partial charge on any atom is -0.506 e. The van der Waals surface area contributed by atoms with Crippen molar-refractivity contribution in [2.45, 2.75) is 176 Å².